The largest absolute Gasteiger partial charge is 0.508 e. The number of carboxylic acid groups (broad SMARTS) is 1. The fraction of sp³-hybridized carbons (Fsp3) is 0.583. The van der Waals surface area contributed by atoms with Crippen molar-refractivity contribution < 1.29 is 29.4 Å². The van der Waals surface area contributed by atoms with Gasteiger partial charge < -0.3 is 31.9 Å². The molecule has 0 aliphatic carbocycles. The number of hydrogen-bond donors (Lipinski definition) is 7. The summed E-state index contributed by atoms with van der Waals surface area (Å²) in [5.74, 6) is -3.16. The van der Waals surface area contributed by atoms with Crippen molar-refractivity contribution in [3.63, 3.8) is 0 Å². The van der Waals surface area contributed by atoms with Gasteiger partial charge in [0, 0.05) is 5.75 Å². The average molecular weight is 511 g/mol. The van der Waals surface area contributed by atoms with Crippen LogP contribution in [0.1, 0.15) is 46.1 Å². The maximum Gasteiger partial charge on any atom is 0.326 e. The number of benzene rings is 1. The smallest absolute Gasteiger partial charge is 0.326 e. The summed E-state index contributed by atoms with van der Waals surface area (Å²) in [6, 6.07) is 2.19. The van der Waals surface area contributed by atoms with Gasteiger partial charge in [0.05, 0.1) is 6.04 Å². The van der Waals surface area contributed by atoms with Gasteiger partial charge in [-0.25, -0.2) is 4.79 Å². The lowest BCUT2D eigenvalue weighted by Gasteiger charge is -2.27. The molecule has 0 radical (unpaired) electrons. The molecule has 5 atom stereocenters. The Morgan fingerprint density at radius 3 is 1.97 bits per heavy atom. The number of nitrogens with one attached hydrogen (secondary N) is 3. The monoisotopic (exact) mass is 510 g/mol. The van der Waals surface area contributed by atoms with E-state index >= 15 is 0 Å². The summed E-state index contributed by atoms with van der Waals surface area (Å²) in [7, 11) is 0. The first kappa shape index (κ1) is 30.2. The minimum absolute atomic E-state index is 0.0284. The molecule has 7 N–H and O–H groups in total. The highest BCUT2D eigenvalue weighted by Gasteiger charge is 2.32. The topological polar surface area (TPSA) is 171 Å². The Kier molecular flexibility index (Phi) is 12.6. The first-order valence-electron chi connectivity index (χ1n) is 11.7. The molecule has 0 fully saturated rings. The quantitative estimate of drug-likeness (QED) is 0.182. The minimum Gasteiger partial charge on any atom is -0.508 e. The number of aromatic hydroxyl groups is 1. The van der Waals surface area contributed by atoms with Crippen molar-refractivity contribution in [3.8, 4) is 5.75 Å². The van der Waals surface area contributed by atoms with E-state index in [0.29, 0.717) is 6.42 Å². The van der Waals surface area contributed by atoms with Gasteiger partial charge in [0.15, 0.2) is 0 Å². The van der Waals surface area contributed by atoms with Crippen LogP contribution < -0.4 is 21.7 Å². The number of aliphatic carboxylic acids is 1. The lowest BCUT2D eigenvalue weighted by Crippen LogP contribution is -2.58. The number of phenolic OH excluding ortho intramolecular Hbond substituents is 1. The van der Waals surface area contributed by atoms with E-state index in [1.807, 2.05) is 20.8 Å². The Hall–Kier alpha value is -2.79. The predicted molar refractivity (Wildman–Crippen MR) is 136 cm³/mol. The van der Waals surface area contributed by atoms with Gasteiger partial charge >= 0.3 is 5.97 Å². The standard InChI is InChI=1S/C24H38N4O6S/c1-5-14(4)20(24(33)34)28-22(31)18(10-13(2)3)26-23(32)19(12-35)27-21(30)17(25)11-15-6-8-16(29)9-7-15/h6-9,13-14,17-20,29,35H,5,10-12,25H2,1-4H3,(H,26,32)(H,27,30)(H,28,31)(H,33,34). The number of amides is 3. The second-order valence-electron chi connectivity index (χ2n) is 9.12. The zero-order valence-corrected chi connectivity index (χ0v) is 21.5. The minimum atomic E-state index is -1.15. The molecule has 0 bridgehead atoms. The van der Waals surface area contributed by atoms with E-state index in [2.05, 4.69) is 28.6 Å². The summed E-state index contributed by atoms with van der Waals surface area (Å²) in [6.07, 6.45) is 1.02. The van der Waals surface area contributed by atoms with Gasteiger partial charge in [-0.3, -0.25) is 14.4 Å². The summed E-state index contributed by atoms with van der Waals surface area (Å²) >= 11 is 4.15. The van der Waals surface area contributed by atoms with Crippen molar-refractivity contribution in [1.29, 1.82) is 0 Å². The second kappa shape index (κ2) is 14.6. The Morgan fingerprint density at radius 1 is 0.943 bits per heavy atom. The lowest BCUT2D eigenvalue weighted by molar-refractivity contribution is -0.144. The number of carboxylic acids is 1. The van der Waals surface area contributed by atoms with Crippen molar-refractivity contribution in [1.82, 2.24) is 16.0 Å². The Labute approximate surface area is 211 Å². The van der Waals surface area contributed by atoms with Crippen LogP contribution >= 0.6 is 12.6 Å². The number of phenols is 1. The highest BCUT2D eigenvalue weighted by atomic mass is 32.1. The van der Waals surface area contributed by atoms with Crippen LogP contribution in [0.25, 0.3) is 0 Å². The van der Waals surface area contributed by atoms with E-state index in [1.54, 1.807) is 19.1 Å². The molecule has 196 valence electrons. The van der Waals surface area contributed by atoms with Gasteiger partial charge in [-0.1, -0.05) is 46.2 Å². The molecule has 11 heteroatoms. The molecule has 1 rings (SSSR count). The highest BCUT2D eigenvalue weighted by molar-refractivity contribution is 7.80. The molecule has 0 aliphatic heterocycles. The van der Waals surface area contributed by atoms with Gasteiger partial charge in [0.1, 0.15) is 23.9 Å². The van der Waals surface area contributed by atoms with Gasteiger partial charge in [-0.15, -0.1) is 0 Å². The van der Waals surface area contributed by atoms with E-state index in [9.17, 15) is 29.4 Å². The lowest BCUT2D eigenvalue weighted by atomic mass is 9.97. The molecule has 0 aliphatic rings. The third-order valence-electron chi connectivity index (χ3n) is 5.66. The first-order chi connectivity index (χ1) is 16.4. The van der Waals surface area contributed by atoms with Crippen LogP contribution in [-0.4, -0.2) is 63.8 Å². The Morgan fingerprint density at radius 2 is 1.49 bits per heavy atom. The highest BCUT2D eigenvalue weighted by Crippen LogP contribution is 2.12. The van der Waals surface area contributed by atoms with Crippen molar-refractivity contribution >= 4 is 36.3 Å². The molecule has 35 heavy (non-hydrogen) atoms. The van der Waals surface area contributed by atoms with Crippen molar-refractivity contribution in [3.05, 3.63) is 29.8 Å². The molecule has 0 spiro atoms. The van der Waals surface area contributed by atoms with Crippen LogP contribution in [0.15, 0.2) is 24.3 Å². The first-order valence-corrected chi connectivity index (χ1v) is 12.3. The van der Waals surface area contributed by atoms with Gasteiger partial charge in [-0.05, 0) is 42.4 Å². The molecular formula is C24H38N4O6S. The summed E-state index contributed by atoms with van der Waals surface area (Å²) in [4.78, 5) is 50.0. The third kappa shape index (κ3) is 10.2. The molecule has 1 aromatic rings. The van der Waals surface area contributed by atoms with Gasteiger partial charge in [0.25, 0.3) is 0 Å². The molecule has 3 amide bonds. The molecule has 1 aromatic carbocycles. The van der Waals surface area contributed by atoms with E-state index in [-0.39, 0.29) is 36.2 Å². The second-order valence-corrected chi connectivity index (χ2v) is 9.49. The molecule has 10 nitrogen and oxygen atoms in total. The Bertz CT molecular complexity index is 864. The summed E-state index contributed by atoms with van der Waals surface area (Å²) in [5, 5.41) is 26.6. The fourth-order valence-corrected chi connectivity index (χ4v) is 3.62. The molecule has 0 saturated carbocycles. The van der Waals surface area contributed by atoms with E-state index < -0.39 is 47.9 Å². The SMILES string of the molecule is CCC(C)C(NC(=O)C(CC(C)C)NC(=O)C(CS)NC(=O)C(N)Cc1ccc(O)cc1)C(=O)O. The summed E-state index contributed by atoms with van der Waals surface area (Å²) in [5.41, 5.74) is 6.72. The number of carbonyl (C=O) groups excluding carboxylic acids is 3. The normalized spacial score (nSPS) is 15.4. The van der Waals surface area contributed by atoms with Gasteiger partial charge in [0.2, 0.25) is 17.7 Å². The number of rotatable bonds is 14. The number of hydrogen-bond acceptors (Lipinski definition) is 7. The maximum absolute atomic E-state index is 12.9. The summed E-state index contributed by atoms with van der Waals surface area (Å²) < 4.78 is 0. The van der Waals surface area contributed by atoms with Crippen LogP contribution in [0.2, 0.25) is 0 Å². The third-order valence-corrected chi connectivity index (χ3v) is 6.03. The predicted octanol–water partition coefficient (Wildman–Crippen LogP) is 0.823. The van der Waals surface area contributed by atoms with Crippen LogP contribution in [0, 0.1) is 11.8 Å². The van der Waals surface area contributed by atoms with Crippen molar-refractivity contribution in [2.24, 2.45) is 17.6 Å². The van der Waals surface area contributed by atoms with E-state index in [1.165, 1.54) is 12.1 Å². The Balaban J connectivity index is 2.85. The molecule has 0 aromatic heterocycles. The van der Waals surface area contributed by atoms with Gasteiger partial charge in [-0.2, -0.15) is 12.6 Å². The van der Waals surface area contributed by atoms with Crippen molar-refractivity contribution in [2.45, 2.75) is 71.1 Å². The molecule has 5 unspecified atom stereocenters. The van der Waals surface area contributed by atoms with Crippen LogP contribution in [0.4, 0.5) is 0 Å². The fourth-order valence-electron chi connectivity index (χ4n) is 3.36. The number of thiol groups is 1. The molecule has 0 heterocycles. The number of nitrogens with two attached hydrogens (primary N) is 1. The van der Waals surface area contributed by atoms with Crippen LogP contribution in [0.3, 0.4) is 0 Å². The van der Waals surface area contributed by atoms with Crippen LogP contribution in [0.5, 0.6) is 5.75 Å². The molecule has 0 saturated heterocycles. The van der Waals surface area contributed by atoms with E-state index in [4.69, 9.17) is 5.73 Å². The zero-order valence-electron chi connectivity index (χ0n) is 20.7. The number of carbonyl (C=O) groups is 4. The summed E-state index contributed by atoms with van der Waals surface area (Å²) in [6.45, 7) is 7.29. The van der Waals surface area contributed by atoms with E-state index in [0.717, 1.165) is 5.56 Å². The molecular weight excluding hydrogens is 472 g/mol. The zero-order chi connectivity index (χ0) is 26.7. The average Bonchev–Trinajstić information content (AvgIpc) is 2.80. The van der Waals surface area contributed by atoms with Crippen LogP contribution in [-0.2, 0) is 25.6 Å². The maximum atomic E-state index is 12.9. The van der Waals surface area contributed by atoms with Crippen molar-refractivity contribution in [2.75, 3.05) is 5.75 Å².